The van der Waals surface area contributed by atoms with E-state index in [0.29, 0.717) is 30.3 Å². The minimum Gasteiger partial charge on any atom is -0.756 e. The van der Waals surface area contributed by atoms with Gasteiger partial charge in [-0.2, -0.15) is 0 Å². The highest BCUT2D eigenvalue weighted by Gasteiger charge is 2.23. The zero-order chi connectivity index (χ0) is 39.5. The first-order valence-electron chi connectivity index (χ1n) is 20.4. The monoisotopic (exact) mass is 765 g/mol. The number of amides is 1. The SMILES string of the molecule is CCC/C=C\CCCCCCCC/C=C/[C@@H](O)[C@H](COP(=O)([O-])OCC[N+](C)(C)C)NC(=O)CCC/C=C/C/C=C\C[C@@H](O)/C=C\C=C/CCCCC. The third-order valence-electron chi connectivity index (χ3n) is 8.44. The highest BCUT2D eigenvalue weighted by Crippen LogP contribution is 2.38. The summed E-state index contributed by atoms with van der Waals surface area (Å²) in [6.07, 6.45) is 41.1. The molecule has 0 fully saturated rings. The van der Waals surface area contributed by atoms with Crippen molar-refractivity contribution in [1.29, 1.82) is 0 Å². The van der Waals surface area contributed by atoms with Gasteiger partial charge in [0.2, 0.25) is 5.91 Å². The minimum atomic E-state index is -4.62. The molecule has 10 heteroatoms. The summed E-state index contributed by atoms with van der Waals surface area (Å²) in [6.45, 7) is 4.40. The van der Waals surface area contributed by atoms with Gasteiger partial charge in [-0.05, 0) is 70.6 Å². The molecule has 0 rings (SSSR count). The molecule has 4 atom stereocenters. The number of nitrogens with one attached hydrogen (secondary N) is 1. The van der Waals surface area contributed by atoms with Crippen LogP contribution in [0.1, 0.15) is 136 Å². The second-order valence-electron chi connectivity index (χ2n) is 14.8. The van der Waals surface area contributed by atoms with Crippen LogP contribution in [-0.2, 0) is 18.4 Å². The Kier molecular flexibility index (Phi) is 33.0. The van der Waals surface area contributed by atoms with Gasteiger partial charge in [-0.3, -0.25) is 9.36 Å². The number of aliphatic hydroxyl groups is 2. The lowest BCUT2D eigenvalue weighted by Crippen LogP contribution is -2.45. The zero-order valence-corrected chi connectivity index (χ0v) is 34.9. The normalized spacial score (nSPS) is 15.8. The molecule has 0 saturated heterocycles. The number of likely N-dealkylation sites (N-methyl/N-ethyl adjacent to an activating group) is 1. The third-order valence-corrected chi connectivity index (χ3v) is 9.41. The van der Waals surface area contributed by atoms with Gasteiger partial charge >= 0.3 is 0 Å². The highest BCUT2D eigenvalue weighted by atomic mass is 31.2. The van der Waals surface area contributed by atoms with Crippen molar-refractivity contribution in [2.45, 2.75) is 154 Å². The second-order valence-corrected chi connectivity index (χ2v) is 16.2. The number of aliphatic hydroxyl groups excluding tert-OH is 2. The summed E-state index contributed by atoms with van der Waals surface area (Å²) in [4.78, 5) is 25.2. The predicted octanol–water partition coefficient (Wildman–Crippen LogP) is 9.19. The van der Waals surface area contributed by atoms with Crippen LogP contribution < -0.4 is 10.2 Å². The Bertz CT molecular complexity index is 1110. The van der Waals surface area contributed by atoms with E-state index in [1.165, 1.54) is 51.4 Å². The zero-order valence-electron chi connectivity index (χ0n) is 34.0. The van der Waals surface area contributed by atoms with Crippen molar-refractivity contribution in [3.05, 3.63) is 72.9 Å². The fourth-order valence-electron chi connectivity index (χ4n) is 5.11. The minimum absolute atomic E-state index is 0.0283. The standard InChI is InChI=1S/C43H77N2O7P/c1-6-8-10-12-14-15-16-17-18-19-23-27-31-35-42(47)41(39-52-53(49,50)51-38-37-45(3,4)5)44-43(48)36-32-28-24-20-22-26-30-34-40(46)33-29-25-21-13-11-9-7-2/h10,12,20-21,24-26,29-31,33,35,40-42,46-47H,6-9,11,13-19,22-23,27-28,32,34,36-39H2,1-5H3,(H-,44,48,49,50)/b12-10-,24-20+,25-21-,30-26-,33-29-,35-31+/t40-,41-,42+/m0/s1. The number of phosphoric ester groups is 1. The summed E-state index contributed by atoms with van der Waals surface area (Å²) in [5, 5.41) is 23.7. The van der Waals surface area contributed by atoms with E-state index in [1.54, 1.807) is 12.2 Å². The van der Waals surface area contributed by atoms with Gasteiger partial charge in [0.1, 0.15) is 13.2 Å². The summed E-state index contributed by atoms with van der Waals surface area (Å²) >= 11 is 0. The molecule has 0 bridgehead atoms. The van der Waals surface area contributed by atoms with Crippen LogP contribution in [0.5, 0.6) is 0 Å². The molecule has 0 aromatic heterocycles. The van der Waals surface area contributed by atoms with Crippen LogP contribution in [0.2, 0.25) is 0 Å². The summed E-state index contributed by atoms with van der Waals surface area (Å²) in [6, 6.07) is -0.943. The van der Waals surface area contributed by atoms with Crippen LogP contribution in [-0.4, -0.2) is 79.8 Å². The molecule has 0 radical (unpaired) electrons. The van der Waals surface area contributed by atoms with E-state index in [9.17, 15) is 24.5 Å². The van der Waals surface area contributed by atoms with Gasteiger partial charge in [-0.15, -0.1) is 0 Å². The summed E-state index contributed by atoms with van der Waals surface area (Å²) < 4.78 is 23.1. The van der Waals surface area contributed by atoms with Crippen molar-refractivity contribution >= 4 is 13.7 Å². The fraction of sp³-hybridized carbons (Fsp3) is 0.698. The number of allylic oxidation sites excluding steroid dienone is 9. The van der Waals surface area contributed by atoms with E-state index in [4.69, 9.17) is 9.05 Å². The van der Waals surface area contributed by atoms with Gasteiger partial charge in [0.25, 0.3) is 7.82 Å². The molecule has 0 aliphatic heterocycles. The number of unbranched alkanes of at least 4 members (excludes halogenated alkanes) is 12. The lowest BCUT2D eigenvalue weighted by atomic mass is 10.1. The van der Waals surface area contributed by atoms with Crippen LogP contribution in [0, 0.1) is 0 Å². The largest absolute Gasteiger partial charge is 0.756 e. The molecule has 0 spiro atoms. The quantitative estimate of drug-likeness (QED) is 0.0193. The molecule has 0 aromatic rings. The fourth-order valence-corrected chi connectivity index (χ4v) is 5.83. The van der Waals surface area contributed by atoms with E-state index < -0.39 is 32.7 Å². The molecule has 0 saturated carbocycles. The average Bonchev–Trinajstić information content (AvgIpc) is 3.10. The van der Waals surface area contributed by atoms with Crippen LogP contribution >= 0.6 is 7.82 Å². The molecule has 0 heterocycles. The lowest BCUT2D eigenvalue weighted by Gasteiger charge is -2.29. The third kappa shape index (κ3) is 36.6. The Morgan fingerprint density at radius 1 is 0.717 bits per heavy atom. The van der Waals surface area contributed by atoms with Crippen molar-refractivity contribution in [1.82, 2.24) is 5.32 Å². The van der Waals surface area contributed by atoms with Crippen molar-refractivity contribution in [3.63, 3.8) is 0 Å². The van der Waals surface area contributed by atoms with Crippen LogP contribution in [0.15, 0.2) is 72.9 Å². The number of nitrogens with zero attached hydrogens (tertiary/aromatic N) is 1. The Labute approximate surface area is 324 Å². The van der Waals surface area contributed by atoms with Gasteiger partial charge in [0.05, 0.1) is 46.0 Å². The maximum atomic E-state index is 12.8. The number of carbonyl (C=O) groups is 1. The molecule has 1 unspecified atom stereocenters. The molecule has 0 aliphatic rings. The average molecular weight is 765 g/mol. The van der Waals surface area contributed by atoms with Crippen molar-refractivity contribution < 1.29 is 38.0 Å². The maximum Gasteiger partial charge on any atom is 0.268 e. The molecule has 9 nitrogen and oxygen atoms in total. The molecule has 0 aliphatic carbocycles. The van der Waals surface area contributed by atoms with Gasteiger partial charge in [-0.25, -0.2) is 0 Å². The molecule has 0 aromatic carbocycles. The van der Waals surface area contributed by atoms with E-state index >= 15 is 0 Å². The molecular formula is C43H77N2O7P. The molecule has 53 heavy (non-hydrogen) atoms. The Hall–Kier alpha value is -2.10. The first-order valence-corrected chi connectivity index (χ1v) is 21.9. The van der Waals surface area contributed by atoms with Crippen molar-refractivity contribution in [2.75, 3.05) is 40.9 Å². The van der Waals surface area contributed by atoms with Gasteiger partial charge < -0.3 is 34.0 Å². The van der Waals surface area contributed by atoms with Gasteiger partial charge in [0.15, 0.2) is 0 Å². The number of hydrogen-bond donors (Lipinski definition) is 3. The number of carbonyl (C=O) groups excluding carboxylic acids is 1. The van der Waals surface area contributed by atoms with Crippen LogP contribution in [0.25, 0.3) is 0 Å². The van der Waals surface area contributed by atoms with E-state index in [1.807, 2.05) is 63.7 Å². The van der Waals surface area contributed by atoms with Crippen molar-refractivity contribution in [3.8, 4) is 0 Å². The van der Waals surface area contributed by atoms with Gasteiger partial charge in [0, 0.05) is 6.42 Å². The molecule has 3 N–H and O–H groups in total. The summed E-state index contributed by atoms with van der Waals surface area (Å²) in [5.41, 5.74) is 0. The number of hydrogen-bond acceptors (Lipinski definition) is 7. The van der Waals surface area contributed by atoms with E-state index in [0.717, 1.165) is 44.9 Å². The summed E-state index contributed by atoms with van der Waals surface area (Å²) in [5.74, 6) is -0.287. The molecular weight excluding hydrogens is 687 g/mol. The summed E-state index contributed by atoms with van der Waals surface area (Å²) in [7, 11) is 1.17. The lowest BCUT2D eigenvalue weighted by molar-refractivity contribution is -0.870. The molecule has 1 amide bonds. The highest BCUT2D eigenvalue weighted by molar-refractivity contribution is 7.45. The van der Waals surface area contributed by atoms with Crippen LogP contribution in [0.3, 0.4) is 0 Å². The van der Waals surface area contributed by atoms with E-state index in [-0.39, 0.29) is 18.9 Å². The van der Waals surface area contributed by atoms with Crippen molar-refractivity contribution in [2.24, 2.45) is 0 Å². The Morgan fingerprint density at radius 3 is 2.02 bits per heavy atom. The first kappa shape index (κ1) is 50.9. The second kappa shape index (κ2) is 34.4. The topological polar surface area (TPSA) is 128 Å². The first-order chi connectivity index (χ1) is 25.4. The number of rotatable bonds is 35. The number of phosphoric acid groups is 1. The Balaban J connectivity index is 4.69. The maximum absolute atomic E-state index is 12.8. The van der Waals surface area contributed by atoms with Gasteiger partial charge in [-0.1, -0.05) is 132 Å². The van der Waals surface area contributed by atoms with E-state index in [2.05, 4.69) is 37.4 Å². The smallest absolute Gasteiger partial charge is 0.268 e. The predicted molar refractivity (Wildman–Crippen MR) is 220 cm³/mol. The molecule has 306 valence electrons. The van der Waals surface area contributed by atoms with Crippen LogP contribution in [0.4, 0.5) is 0 Å². The Morgan fingerprint density at radius 2 is 1.32 bits per heavy atom. The number of quaternary nitrogens is 1.